The molecule has 0 atom stereocenters. The Morgan fingerprint density at radius 2 is 1.82 bits per heavy atom. The van der Waals surface area contributed by atoms with Crippen LogP contribution in [0.5, 0.6) is 0 Å². The van der Waals surface area contributed by atoms with Gasteiger partial charge in [0.25, 0.3) is 0 Å². The number of hydrogen-bond acceptors (Lipinski definition) is 3. The van der Waals surface area contributed by atoms with Crippen LogP contribution in [0.3, 0.4) is 0 Å². The highest BCUT2D eigenvalue weighted by atomic mass is 16.3. The number of aliphatic hydroxyl groups excluding tert-OH is 1. The van der Waals surface area contributed by atoms with Gasteiger partial charge in [-0.05, 0) is 19.8 Å². The summed E-state index contributed by atoms with van der Waals surface area (Å²) in [4.78, 5) is 0. The molecule has 17 heavy (non-hydrogen) atoms. The van der Waals surface area contributed by atoms with Crippen molar-refractivity contribution >= 4 is 0 Å². The summed E-state index contributed by atoms with van der Waals surface area (Å²) in [6, 6.07) is 0.325. The monoisotopic (exact) mass is 237 g/mol. The van der Waals surface area contributed by atoms with Crippen LogP contribution in [-0.4, -0.2) is 19.9 Å². The summed E-state index contributed by atoms with van der Waals surface area (Å²) in [5.41, 5.74) is 0. The van der Waals surface area contributed by atoms with Gasteiger partial charge in [-0.25, -0.2) is 0 Å². The van der Waals surface area contributed by atoms with E-state index in [1.807, 2.05) is 0 Å². The average molecular weight is 237 g/mol. The zero-order valence-electron chi connectivity index (χ0n) is 10.9. The molecule has 1 fully saturated rings. The van der Waals surface area contributed by atoms with Crippen molar-refractivity contribution in [2.75, 3.05) is 0 Å². The first-order chi connectivity index (χ1) is 8.22. The van der Waals surface area contributed by atoms with Crippen LogP contribution < -0.4 is 0 Å². The van der Waals surface area contributed by atoms with Crippen LogP contribution in [0.25, 0.3) is 0 Å². The van der Waals surface area contributed by atoms with Crippen LogP contribution in [0, 0.1) is 5.92 Å². The van der Waals surface area contributed by atoms with Crippen LogP contribution >= 0.6 is 0 Å². The zero-order chi connectivity index (χ0) is 12.3. The van der Waals surface area contributed by atoms with Crippen molar-refractivity contribution in [1.29, 1.82) is 0 Å². The molecule has 0 saturated heterocycles. The molecular formula is C13H23N3O. The molecule has 1 aromatic heterocycles. The topological polar surface area (TPSA) is 50.9 Å². The van der Waals surface area contributed by atoms with Gasteiger partial charge in [0, 0.05) is 12.5 Å². The summed E-state index contributed by atoms with van der Waals surface area (Å²) < 4.78 is 2.09. The molecule has 0 bridgehead atoms. The van der Waals surface area contributed by atoms with E-state index in [9.17, 15) is 5.11 Å². The Kier molecular flexibility index (Phi) is 4.15. The van der Waals surface area contributed by atoms with Crippen molar-refractivity contribution in [2.24, 2.45) is 5.92 Å². The van der Waals surface area contributed by atoms with E-state index in [0.29, 0.717) is 11.9 Å². The summed E-state index contributed by atoms with van der Waals surface area (Å²) in [7, 11) is 0. The highest BCUT2D eigenvalue weighted by Crippen LogP contribution is 2.27. The highest BCUT2D eigenvalue weighted by molar-refractivity contribution is 4.98. The Labute approximate surface area is 103 Å². The smallest absolute Gasteiger partial charge is 0.159 e. The molecule has 0 spiro atoms. The normalized spacial score (nSPS) is 17.9. The Morgan fingerprint density at radius 3 is 2.41 bits per heavy atom. The SMILES string of the molecule is CC(C)n1c(CO)nnc1CC1CCCCC1. The quantitative estimate of drug-likeness (QED) is 0.875. The molecule has 0 radical (unpaired) electrons. The van der Waals surface area contributed by atoms with Gasteiger partial charge in [-0.1, -0.05) is 32.1 Å². The van der Waals surface area contributed by atoms with E-state index in [1.54, 1.807) is 0 Å². The molecule has 4 nitrogen and oxygen atoms in total. The highest BCUT2D eigenvalue weighted by Gasteiger charge is 2.20. The molecule has 96 valence electrons. The third-order valence-corrected chi connectivity index (χ3v) is 3.69. The van der Waals surface area contributed by atoms with Gasteiger partial charge in [0.15, 0.2) is 5.82 Å². The third-order valence-electron chi connectivity index (χ3n) is 3.69. The van der Waals surface area contributed by atoms with E-state index in [1.165, 1.54) is 32.1 Å². The van der Waals surface area contributed by atoms with Gasteiger partial charge in [0.1, 0.15) is 12.4 Å². The van der Waals surface area contributed by atoms with Crippen molar-refractivity contribution in [3.8, 4) is 0 Å². The van der Waals surface area contributed by atoms with Crippen LogP contribution in [-0.2, 0) is 13.0 Å². The minimum atomic E-state index is -0.0180. The van der Waals surface area contributed by atoms with E-state index >= 15 is 0 Å². The molecule has 1 aliphatic carbocycles. The number of aromatic nitrogens is 3. The van der Waals surface area contributed by atoms with Gasteiger partial charge < -0.3 is 9.67 Å². The van der Waals surface area contributed by atoms with Crippen molar-refractivity contribution in [1.82, 2.24) is 14.8 Å². The number of nitrogens with zero attached hydrogens (tertiary/aromatic N) is 3. The summed E-state index contributed by atoms with van der Waals surface area (Å²) >= 11 is 0. The predicted molar refractivity (Wildman–Crippen MR) is 66.6 cm³/mol. The Balaban J connectivity index is 2.11. The van der Waals surface area contributed by atoms with Gasteiger partial charge in [0.2, 0.25) is 0 Å². The molecule has 1 heterocycles. The van der Waals surface area contributed by atoms with Crippen LogP contribution in [0.1, 0.15) is 63.6 Å². The van der Waals surface area contributed by atoms with Gasteiger partial charge in [0.05, 0.1) is 0 Å². The molecule has 4 heteroatoms. The van der Waals surface area contributed by atoms with Gasteiger partial charge in [-0.15, -0.1) is 10.2 Å². The van der Waals surface area contributed by atoms with Crippen LogP contribution in [0.4, 0.5) is 0 Å². The molecule has 0 unspecified atom stereocenters. The van der Waals surface area contributed by atoms with Crippen LogP contribution in [0.15, 0.2) is 0 Å². The first kappa shape index (κ1) is 12.6. The summed E-state index contributed by atoms with van der Waals surface area (Å²) in [5, 5.41) is 17.6. The maximum Gasteiger partial charge on any atom is 0.159 e. The first-order valence-electron chi connectivity index (χ1n) is 6.76. The summed E-state index contributed by atoms with van der Waals surface area (Å²) in [6.45, 7) is 4.22. The van der Waals surface area contributed by atoms with E-state index < -0.39 is 0 Å². The second-order valence-electron chi connectivity index (χ2n) is 5.36. The molecule has 1 aliphatic rings. The standard InChI is InChI=1S/C13H23N3O/c1-10(2)16-12(14-15-13(16)9-17)8-11-6-4-3-5-7-11/h10-11,17H,3-9H2,1-2H3. The molecule has 1 aromatic rings. The fourth-order valence-electron chi connectivity index (χ4n) is 2.85. The first-order valence-corrected chi connectivity index (χ1v) is 6.76. The van der Waals surface area contributed by atoms with Crippen molar-refractivity contribution < 1.29 is 5.11 Å². The van der Waals surface area contributed by atoms with Gasteiger partial charge in [-0.3, -0.25) is 0 Å². The maximum atomic E-state index is 9.26. The minimum absolute atomic E-state index is 0.0180. The van der Waals surface area contributed by atoms with Gasteiger partial charge in [-0.2, -0.15) is 0 Å². The zero-order valence-corrected chi connectivity index (χ0v) is 10.9. The molecule has 1 saturated carbocycles. The Bertz CT molecular complexity index is 354. The maximum absolute atomic E-state index is 9.26. The molecule has 0 aliphatic heterocycles. The van der Waals surface area contributed by atoms with Crippen molar-refractivity contribution in [3.05, 3.63) is 11.6 Å². The number of rotatable bonds is 4. The molecular weight excluding hydrogens is 214 g/mol. The lowest BCUT2D eigenvalue weighted by Crippen LogP contribution is -2.16. The molecule has 0 amide bonds. The summed E-state index contributed by atoms with van der Waals surface area (Å²) in [5.74, 6) is 2.51. The summed E-state index contributed by atoms with van der Waals surface area (Å²) in [6.07, 6.45) is 7.75. The average Bonchev–Trinajstić information content (AvgIpc) is 2.73. The molecule has 1 N–H and O–H groups in total. The second-order valence-corrected chi connectivity index (χ2v) is 5.36. The lowest BCUT2D eigenvalue weighted by molar-refractivity contribution is 0.260. The fraction of sp³-hybridized carbons (Fsp3) is 0.846. The lowest BCUT2D eigenvalue weighted by atomic mass is 9.87. The van der Waals surface area contributed by atoms with Crippen molar-refractivity contribution in [2.45, 2.75) is 65.0 Å². The molecule has 0 aromatic carbocycles. The third kappa shape index (κ3) is 2.86. The van der Waals surface area contributed by atoms with E-state index in [2.05, 4.69) is 28.6 Å². The Hall–Kier alpha value is -0.900. The number of aliphatic hydroxyl groups is 1. The van der Waals surface area contributed by atoms with E-state index in [-0.39, 0.29) is 6.61 Å². The van der Waals surface area contributed by atoms with E-state index in [4.69, 9.17) is 0 Å². The molecule has 2 rings (SSSR count). The largest absolute Gasteiger partial charge is 0.388 e. The van der Waals surface area contributed by atoms with Crippen LogP contribution in [0.2, 0.25) is 0 Å². The second kappa shape index (κ2) is 5.63. The number of hydrogen-bond donors (Lipinski definition) is 1. The Morgan fingerprint density at radius 1 is 1.18 bits per heavy atom. The fourth-order valence-corrected chi connectivity index (χ4v) is 2.85. The minimum Gasteiger partial charge on any atom is -0.388 e. The predicted octanol–water partition coefficient (Wildman–Crippen LogP) is 2.47. The van der Waals surface area contributed by atoms with E-state index in [0.717, 1.165) is 18.2 Å². The van der Waals surface area contributed by atoms with Gasteiger partial charge >= 0.3 is 0 Å². The van der Waals surface area contributed by atoms with Crippen molar-refractivity contribution in [3.63, 3.8) is 0 Å². The lowest BCUT2D eigenvalue weighted by Gasteiger charge is -2.22.